The van der Waals surface area contributed by atoms with Crippen LogP contribution in [0.5, 0.6) is 11.5 Å². The number of furan rings is 1. The minimum absolute atomic E-state index is 0.149. The Morgan fingerprint density at radius 3 is 2.71 bits per heavy atom. The standard InChI is InChI=1S/C22H22N2O4/c25-14-4-5-15-13(10-14)11-23-22(27)20-19-16(12-24-8-2-1-3-9-24)17(26)6-7-18(19)28-21(15)20/h4-7,10,25-26H,1-3,8-9,11-12H2,(H,23,27). The largest absolute Gasteiger partial charge is 0.508 e. The van der Waals surface area contributed by atoms with E-state index in [0.29, 0.717) is 35.4 Å². The maximum Gasteiger partial charge on any atom is 0.256 e. The number of phenols is 2. The molecule has 2 aliphatic rings. The Bertz CT molecular complexity index is 1080. The van der Waals surface area contributed by atoms with Crippen molar-refractivity contribution in [2.45, 2.75) is 32.4 Å². The third kappa shape index (κ3) is 2.72. The summed E-state index contributed by atoms with van der Waals surface area (Å²) in [5.41, 5.74) is 3.37. The minimum atomic E-state index is -0.227. The van der Waals surface area contributed by atoms with E-state index in [9.17, 15) is 15.0 Å². The fourth-order valence-corrected chi connectivity index (χ4v) is 4.37. The first-order chi connectivity index (χ1) is 13.6. The zero-order valence-corrected chi connectivity index (χ0v) is 15.5. The Hall–Kier alpha value is -2.99. The molecule has 5 rings (SSSR count). The summed E-state index contributed by atoms with van der Waals surface area (Å²) < 4.78 is 6.12. The molecule has 0 unspecified atom stereocenters. The molecule has 3 aromatic rings. The number of hydrogen-bond acceptors (Lipinski definition) is 5. The Kier molecular flexibility index (Phi) is 4.02. The number of likely N-dealkylation sites (tertiary alicyclic amines) is 1. The number of fused-ring (bicyclic) bond motifs is 5. The van der Waals surface area contributed by atoms with E-state index in [4.69, 9.17) is 4.42 Å². The van der Waals surface area contributed by atoms with Crippen molar-refractivity contribution < 1.29 is 19.4 Å². The highest BCUT2D eigenvalue weighted by Crippen LogP contribution is 2.41. The highest BCUT2D eigenvalue weighted by atomic mass is 16.3. The lowest BCUT2D eigenvalue weighted by atomic mass is 9.98. The first kappa shape index (κ1) is 17.1. The summed E-state index contributed by atoms with van der Waals surface area (Å²) in [6.07, 6.45) is 3.54. The second kappa shape index (κ2) is 6.56. The Labute approximate surface area is 162 Å². The van der Waals surface area contributed by atoms with Crippen LogP contribution >= 0.6 is 0 Å². The molecule has 2 aromatic carbocycles. The molecular weight excluding hydrogens is 356 g/mol. The van der Waals surface area contributed by atoms with Crippen LogP contribution in [0.25, 0.3) is 22.3 Å². The summed E-state index contributed by atoms with van der Waals surface area (Å²) >= 11 is 0. The zero-order chi connectivity index (χ0) is 19.3. The molecule has 0 spiro atoms. The fourth-order valence-electron chi connectivity index (χ4n) is 4.37. The lowest BCUT2D eigenvalue weighted by Crippen LogP contribution is -2.29. The predicted octanol–water partition coefficient (Wildman–Crippen LogP) is 3.74. The van der Waals surface area contributed by atoms with Gasteiger partial charge in [-0.25, -0.2) is 0 Å². The van der Waals surface area contributed by atoms with Crippen molar-refractivity contribution in [3.8, 4) is 22.8 Å². The highest BCUT2D eigenvalue weighted by molar-refractivity contribution is 6.13. The number of nitrogens with zero attached hydrogens (tertiary/aromatic N) is 1. The summed E-state index contributed by atoms with van der Waals surface area (Å²) in [6.45, 7) is 2.88. The lowest BCUT2D eigenvalue weighted by molar-refractivity contribution is 0.0954. The molecule has 144 valence electrons. The zero-order valence-electron chi connectivity index (χ0n) is 15.5. The number of benzene rings is 2. The van der Waals surface area contributed by atoms with Crippen LogP contribution < -0.4 is 5.32 Å². The first-order valence-corrected chi connectivity index (χ1v) is 9.72. The maximum atomic E-state index is 13.0. The van der Waals surface area contributed by atoms with Gasteiger partial charge in [0.15, 0.2) is 0 Å². The fraction of sp³-hybridized carbons (Fsp3) is 0.318. The quantitative estimate of drug-likeness (QED) is 0.632. The number of nitrogens with one attached hydrogen (secondary N) is 1. The van der Waals surface area contributed by atoms with Gasteiger partial charge in [-0.3, -0.25) is 9.69 Å². The van der Waals surface area contributed by atoms with Crippen LogP contribution in [0.4, 0.5) is 0 Å². The maximum absolute atomic E-state index is 13.0. The SMILES string of the molecule is O=C1NCc2cc(O)ccc2-c2oc3ccc(O)c(CN4CCCCC4)c3c21. The van der Waals surface area contributed by atoms with Gasteiger partial charge in [0.25, 0.3) is 5.91 Å². The number of aromatic hydroxyl groups is 2. The number of rotatable bonds is 2. The molecule has 0 radical (unpaired) electrons. The van der Waals surface area contributed by atoms with E-state index >= 15 is 0 Å². The summed E-state index contributed by atoms with van der Waals surface area (Å²) in [5, 5.41) is 24.0. The van der Waals surface area contributed by atoms with E-state index in [1.165, 1.54) is 6.42 Å². The molecule has 1 fully saturated rings. The van der Waals surface area contributed by atoms with Crippen molar-refractivity contribution in [1.29, 1.82) is 0 Å². The molecule has 1 saturated heterocycles. The molecule has 0 saturated carbocycles. The van der Waals surface area contributed by atoms with E-state index in [1.807, 2.05) is 0 Å². The van der Waals surface area contributed by atoms with Crippen LogP contribution in [0, 0.1) is 0 Å². The van der Waals surface area contributed by atoms with Crippen molar-refractivity contribution in [3.05, 3.63) is 47.0 Å². The topological polar surface area (TPSA) is 85.9 Å². The van der Waals surface area contributed by atoms with Crippen LogP contribution in [0.15, 0.2) is 34.7 Å². The molecule has 3 N–H and O–H groups in total. The van der Waals surface area contributed by atoms with Gasteiger partial charge in [0.05, 0.1) is 5.56 Å². The second-order valence-corrected chi connectivity index (χ2v) is 7.60. The van der Waals surface area contributed by atoms with Gasteiger partial charge < -0.3 is 19.9 Å². The molecule has 3 heterocycles. The van der Waals surface area contributed by atoms with Crippen molar-refractivity contribution in [1.82, 2.24) is 10.2 Å². The van der Waals surface area contributed by atoms with Crippen molar-refractivity contribution in [2.75, 3.05) is 13.1 Å². The second-order valence-electron chi connectivity index (χ2n) is 7.60. The first-order valence-electron chi connectivity index (χ1n) is 9.72. The van der Waals surface area contributed by atoms with Gasteiger partial charge in [0.2, 0.25) is 0 Å². The van der Waals surface area contributed by atoms with Crippen LogP contribution in [0.1, 0.15) is 40.7 Å². The van der Waals surface area contributed by atoms with Gasteiger partial charge in [-0.1, -0.05) is 6.42 Å². The van der Waals surface area contributed by atoms with Gasteiger partial charge >= 0.3 is 0 Å². The molecule has 1 aromatic heterocycles. The van der Waals surface area contributed by atoms with Crippen LogP contribution in [0.3, 0.4) is 0 Å². The van der Waals surface area contributed by atoms with Crippen molar-refractivity contribution in [2.24, 2.45) is 0 Å². The van der Waals surface area contributed by atoms with Gasteiger partial charge in [0, 0.05) is 29.6 Å². The molecule has 0 bridgehead atoms. The molecule has 1 amide bonds. The van der Waals surface area contributed by atoms with Gasteiger partial charge in [-0.15, -0.1) is 0 Å². The van der Waals surface area contributed by atoms with Crippen LogP contribution in [0.2, 0.25) is 0 Å². The third-order valence-corrected chi connectivity index (χ3v) is 5.77. The van der Waals surface area contributed by atoms with Gasteiger partial charge in [-0.2, -0.15) is 0 Å². The Morgan fingerprint density at radius 1 is 1.07 bits per heavy atom. The molecular formula is C22H22N2O4. The van der Waals surface area contributed by atoms with E-state index in [0.717, 1.165) is 42.6 Å². The van der Waals surface area contributed by atoms with Crippen LogP contribution in [-0.4, -0.2) is 34.1 Å². The number of phenolic OH excluding ortho intramolecular Hbond substituents is 2. The Morgan fingerprint density at radius 2 is 1.89 bits per heavy atom. The van der Waals surface area contributed by atoms with E-state index in [-0.39, 0.29) is 17.4 Å². The van der Waals surface area contributed by atoms with Crippen LogP contribution in [-0.2, 0) is 13.1 Å². The third-order valence-electron chi connectivity index (χ3n) is 5.77. The monoisotopic (exact) mass is 378 g/mol. The molecule has 6 nitrogen and oxygen atoms in total. The average molecular weight is 378 g/mol. The molecule has 2 aliphatic heterocycles. The number of carbonyl (C=O) groups excluding carboxylic acids is 1. The van der Waals surface area contributed by atoms with Gasteiger partial charge in [0.1, 0.15) is 22.8 Å². The normalized spacial score (nSPS) is 17.1. The van der Waals surface area contributed by atoms with Crippen molar-refractivity contribution >= 4 is 16.9 Å². The predicted molar refractivity (Wildman–Crippen MR) is 105 cm³/mol. The summed E-state index contributed by atoms with van der Waals surface area (Å²) in [6, 6.07) is 8.37. The van der Waals surface area contributed by atoms with E-state index in [1.54, 1.807) is 30.3 Å². The number of carbonyl (C=O) groups is 1. The summed E-state index contributed by atoms with van der Waals surface area (Å²) in [7, 11) is 0. The smallest absolute Gasteiger partial charge is 0.256 e. The molecule has 0 aliphatic carbocycles. The number of amides is 1. The molecule has 0 atom stereocenters. The van der Waals surface area contributed by atoms with E-state index in [2.05, 4.69) is 10.2 Å². The minimum Gasteiger partial charge on any atom is -0.508 e. The number of hydrogen-bond donors (Lipinski definition) is 3. The van der Waals surface area contributed by atoms with Gasteiger partial charge in [-0.05, 0) is 61.8 Å². The van der Waals surface area contributed by atoms with E-state index < -0.39 is 0 Å². The molecule has 6 heteroatoms. The Balaban J connectivity index is 1.72. The summed E-state index contributed by atoms with van der Waals surface area (Å²) in [4.78, 5) is 15.3. The number of piperidine rings is 1. The summed E-state index contributed by atoms with van der Waals surface area (Å²) in [5.74, 6) is 0.598. The average Bonchev–Trinajstić information content (AvgIpc) is 3.03. The lowest BCUT2D eigenvalue weighted by Gasteiger charge is -2.27. The molecule has 28 heavy (non-hydrogen) atoms. The van der Waals surface area contributed by atoms with Crippen molar-refractivity contribution in [3.63, 3.8) is 0 Å². The highest BCUT2D eigenvalue weighted by Gasteiger charge is 2.30.